The van der Waals surface area contributed by atoms with Crippen molar-refractivity contribution in [3.8, 4) is 21.9 Å². The van der Waals surface area contributed by atoms with Gasteiger partial charge in [0.25, 0.3) is 5.56 Å². The molecule has 0 unspecified atom stereocenters. The third kappa shape index (κ3) is 3.23. The van der Waals surface area contributed by atoms with Gasteiger partial charge in [-0.25, -0.2) is 13.8 Å². The molecule has 0 fully saturated rings. The molecule has 3 aromatic heterocycles. The van der Waals surface area contributed by atoms with Gasteiger partial charge in [-0.1, -0.05) is 23.2 Å². The summed E-state index contributed by atoms with van der Waals surface area (Å²) >= 11 is 13.6. The Hall–Kier alpha value is -2.68. The van der Waals surface area contributed by atoms with Crippen LogP contribution < -0.4 is 16.0 Å². The molecule has 10 heteroatoms. The number of fused-ring (bicyclic) bond motifs is 1. The van der Waals surface area contributed by atoms with Gasteiger partial charge < -0.3 is 9.72 Å². The van der Waals surface area contributed by atoms with E-state index in [1.54, 1.807) is 13.0 Å². The molecular weight excluding hydrogens is 440 g/mol. The van der Waals surface area contributed by atoms with Crippen LogP contribution in [0.3, 0.4) is 0 Å². The molecule has 6 nitrogen and oxygen atoms in total. The second-order valence-corrected chi connectivity index (χ2v) is 8.02. The van der Waals surface area contributed by atoms with E-state index in [1.165, 1.54) is 25.6 Å². The molecule has 4 rings (SSSR count). The van der Waals surface area contributed by atoms with E-state index < -0.39 is 17.1 Å². The quantitative estimate of drug-likeness (QED) is 0.494. The topological polar surface area (TPSA) is 77.0 Å². The number of aromatic amines is 1. The summed E-state index contributed by atoms with van der Waals surface area (Å²) in [5.74, 6) is -0.579. The van der Waals surface area contributed by atoms with E-state index >= 15 is 0 Å². The molecule has 0 amide bonds. The third-order valence-electron chi connectivity index (χ3n) is 4.36. The first kappa shape index (κ1) is 19.6. The zero-order valence-corrected chi connectivity index (χ0v) is 17.4. The predicted octanol–water partition coefficient (Wildman–Crippen LogP) is 4.57. The minimum atomic E-state index is -0.649. The second-order valence-electron chi connectivity index (χ2n) is 6.18. The van der Waals surface area contributed by atoms with Gasteiger partial charge in [-0.3, -0.25) is 9.78 Å². The van der Waals surface area contributed by atoms with Crippen molar-refractivity contribution in [2.45, 2.75) is 6.92 Å². The minimum absolute atomic E-state index is 0.0189. The van der Waals surface area contributed by atoms with E-state index in [4.69, 9.17) is 27.9 Å². The zero-order chi connectivity index (χ0) is 20.9. The first-order chi connectivity index (χ1) is 13.8. The largest absolute Gasteiger partial charge is 0.494 e. The summed E-state index contributed by atoms with van der Waals surface area (Å²) in [6.45, 7) is 1.73. The van der Waals surface area contributed by atoms with Crippen molar-refractivity contribution >= 4 is 44.8 Å². The molecule has 0 bridgehead atoms. The maximum Gasteiger partial charge on any atom is 0.333 e. The first-order valence-corrected chi connectivity index (χ1v) is 9.81. The number of nitrogens with zero attached hydrogens (tertiary/aromatic N) is 2. The van der Waals surface area contributed by atoms with Gasteiger partial charge in [-0.2, -0.15) is 0 Å². The number of ether oxygens (including phenoxy) is 1. The molecule has 1 N–H and O–H groups in total. The number of halogens is 3. The molecule has 0 aliphatic heterocycles. The summed E-state index contributed by atoms with van der Waals surface area (Å²) in [6.07, 6.45) is 2.89. The summed E-state index contributed by atoms with van der Waals surface area (Å²) in [4.78, 5) is 32.9. The first-order valence-electron chi connectivity index (χ1n) is 8.24. The SMILES string of the molecule is COc1cc(-c2cc3[nH]c(=O)n(-c4cncc(C)c4Cl)c(=O)c3s2)c(Cl)cc1F. The van der Waals surface area contributed by atoms with Crippen molar-refractivity contribution in [2.75, 3.05) is 7.11 Å². The summed E-state index contributed by atoms with van der Waals surface area (Å²) < 4.78 is 20.1. The van der Waals surface area contributed by atoms with E-state index in [0.717, 1.165) is 22.0 Å². The van der Waals surface area contributed by atoms with Crippen molar-refractivity contribution in [2.24, 2.45) is 0 Å². The number of nitrogens with one attached hydrogen (secondary N) is 1. The lowest BCUT2D eigenvalue weighted by molar-refractivity contribution is 0.387. The lowest BCUT2D eigenvalue weighted by atomic mass is 10.1. The molecule has 0 radical (unpaired) electrons. The van der Waals surface area contributed by atoms with Crippen LogP contribution in [-0.4, -0.2) is 21.6 Å². The number of aromatic nitrogens is 3. The predicted molar refractivity (Wildman–Crippen MR) is 113 cm³/mol. The van der Waals surface area contributed by atoms with Gasteiger partial charge in [-0.05, 0) is 30.7 Å². The highest BCUT2D eigenvalue weighted by molar-refractivity contribution is 7.22. The number of thiophene rings is 1. The van der Waals surface area contributed by atoms with Crippen LogP contribution in [0.2, 0.25) is 10.0 Å². The Morgan fingerprint density at radius 3 is 2.69 bits per heavy atom. The lowest BCUT2D eigenvalue weighted by Crippen LogP contribution is -2.33. The molecule has 0 saturated carbocycles. The van der Waals surface area contributed by atoms with Gasteiger partial charge in [0.2, 0.25) is 0 Å². The number of hydrogen-bond donors (Lipinski definition) is 1. The summed E-state index contributed by atoms with van der Waals surface area (Å²) in [5.41, 5.74) is 0.452. The van der Waals surface area contributed by atoms with Gasteiger partial charge >= 0.3 is 5.69 Å². The fraction of sp³-hybridized carbons (Fsp3) is 0.105. The van der Waals surface area contributed by atoms with E-state index in [-0.39, 0.29) is 26.2 Å². The Labute approximate surface area is 177 Å². The maximum atomic E-state index is 13.9. The Morgan fingerprint density at radius 1 is 1.21 bits per heavy atom. The Kier molecular flexibility index (Phi) is 4.94. The van der Waals surface area contributed by atoms with Crippen LogP contribution in [0.25, 0.3) is 26.3 Å². The molecule has 0 aliphatic rings. The van der Waals surface area contributed by atoms with Gasteiger partial charge in [0.1, 0.15) is 4.70 Å². The molecule has 0 spiro atoms. The molecule has 1 aromatic carbocycles. The van der Waals surface area contributed by atoms with Crippen molar-refractivity contribution in [3.63, 3.8) is 0 Å². The summed E-state index contributed by atoms with van der Waals surface area (Å²) in [5, 5.41) is 0.415. The molecule has 29 heavy (non-hydrogen) atoms. The highest BCUT2D eigenvalue weighted by Gasteiger charge is 2.18. The van der Waals surface area contributed by atoms with E-state index in [0.29, 0.717) is 21.5 Å². The van der Waals surface area contributed by atoms with Crippen LogP contribution in [0, 0.1) is 12.7 Å². The normalized spacial score (nSPS) is 11.2. The molecule has 4 aromatic rings. The number of aryl methyl sites for hydroxylation is 1. The number of H-pyrrole nitrogens is 1. The third-order valence-corrected chi connectivity index (χ3v) is 6.32. The average molecular weight is 452 g/mol. The van der Waals surface area contributed by atoms with Crippen molar-refractivity contribution < 1.29 is 9.13 Å². The van der Waals surface area contributed by atoms with Gasteiger partial charge in [0.05, 0.1) is 34.6 Å². The number of methoxy groups -OCH3 is 1. The lowest BCUT2D eigenvalue weighted by Gasteiger charge is -2.07. The summed E-state index contributed by atoms with van der Waals surface area (Å²) in [6, 6.07) is 4.20. The number of hydrogen-bond acceptors (Lipinski definition) is 5. The zero-order valence-electron chi connectivity index (χ0n) is 15.0. The Morgan fingerprint density at radius 2 is 1.97 bits per heavy atom. The highest BCUT2D eigenvalue weighted by Crippen LogP contribution is 2.38. The number of benzene rings is 1. The van der Waals surface area contributed by atoms with Gasteiger partial charge in [0, 0.05) is 16.6 Å². The fourth-order valence-electron chi connectivity index (χ4n) is 2.92. The van der Waals surface area contributed by atoms with E-state index in [9.17, 15) is 14.0 Å². The van der Waals surface area contributed by atoms with Crippen molar-refractivity contribution in [3.05, 3.63) is 72.9 Å². The standard InChI is InChI=1S/C19H12Cl2FN3O3S/c1-8-6-23-7-13(16(8)21)25-18(26)17-12(24-19(25)27)5-15(29-17)9-3-14(28-2)11(22)4-10(9)20/h3-7H,1-2H3,(H,24,27). The van der Waals surface area contributed by atoms with Crippen LogP contribution in [0.1, 0.15) is 5.56 Å². The highest BCUT2D eigenvalue weighted by atomic mass is 35.5. The van der Waals surface area contributed by atoms with E-state index in [2.05, 4.69) is 9.97 Å². The second kappa shape index (κ2) is 7.29. The molecule has 0 aliphatic carbocycles. The fourth-order valence-corrected chi connectivity index (χ4v) is 4.49. The Balaban J connectivity index is 1.98. The van der Waals surface area contributed by atoms with Gasteiger partial charge in [0.15, 0.2) is 11.6 Å². The molecule has 148 valence electrons. The van der Waals surface area contributed by atoms with Crippen LogP contribution in [-0.2, 0) is 0 Å². The number of pyridine rings is 1. The average Bonchev–Trinajstić information content (AvgIpc) is 3.09. The van der Waals surface area contributed by atoms with E-state index in [1.807, 2.05) is 0 Å². The monoisotopic (exact) mass is 451 g/mol. The Bertz CT molecular complexity index is 1390. The smallest absolute Gasteiger partial charge is 0.333 e. The van der Waals surface area contributed by atoms with Crippen LogP contribution >= 0.6 is 34.5 Å². The van der Waals surface area contributed by atoms with Crippen LogP contribution in [0.15, 0.2) is 40.2 Å². The van der Waals surface area contributed by atoms with Gasteiger partial charge in [-0.15, -0.1) is 11.3 Å². The molecular formula is C19H12Cl2FN3O3S. The minimum Gasteiger partial charge on any atom is -0.494 e. The molecule has 0 saturated heterocycles. The molecule has 0 atom stereocenters. The van der Waals surface area contributed by atoms with Crippen LogP contribution in [0.4, 0.5) is 4.39 Å². The molecule has 3 heterocycles. The summed E-state index contributed by atoms with van der Waals surface area (Å²) in [7, 11) is 1.34. The van der Waals surface area contributed by atoms with Crippen molar-refractivity contribution in [1.29, 1.82) is 0 Å². The number of rotatable bonds is 3. The van der Waals surface area contributed by atoms with Crippen molar-refractivity contribution in [1.82, 2.24) is 14.5 Å². The maximum absolute atomic E-state index is 13.9. The van der Waals surface area contributed by atoms with Crippen LogP contribution in [0.5, 0.6) is 5.75 Å².